The van der Waals surface area contributed by atoms with Crippen LogP contribution >= 0.6 is 0 Å². The van der Waals surface area contributed by atoms with E-state index in [1.54, 1.807) is 19.1 Å². The molecule has 35 heavy (non-hydrogen) atoms. The van der Waals surface area contributed by atoms with Crippen LogP contribution in [0, 0.1) is 12.7 Å². The van der Waals surface area contributed by atoms with E-state index in [1.165, 1.54) is 11.6 Å². The summed E-state index contributed by atoms with van der Waals surface area (Å²) in [6, 6.07) is 27.0. The lowest BCUT2D eigenvalue weighted by Gasteiger charge is -2.16. The maximum absolute atomic E-state index is 13.4. The maximum Gasteiger partial charge on any atom is 0.161 e. The maximum atomic E-state index is 13.4. The van der Waals surface area contributed by atoms with Gasteiger partial charge in [0.1, 0.15) is 5.82 Å². The molecule has 0 saturated carbocycles. The van der Waals surface area contributed by atoms with Crippen LogP contribution in [0.4, 0.5) is 4.39 Å². The zero-order valence-electron chi connectivity index (χ0n) is 20.5. The Kier molecular flexibility index (Phi) is 7.36. The molecule has 1 aliphatic carbocycles. The van der Waals surface area contributed by atoms with Crippen molar-refractivity contribution in [2.24, 2.45) is 0 Å². The van der Waals surface area contributed by atoms with Crippen LogP contribution in [0.15, 0.2) is 91.5 Å². The van der Waals surface area contributed by atoms with Crippen LogP contribution in [0.5, 0.6) is 0 Å². The van der Waals surface area contributed by atoms with Crippen LogP contribution in [0.3, 0.4) is 0 Å². The molecule has 2 nitrogen and oxygen atoms in total. The Labute approximate surface area is 207 Å². The molecule has 0 bridgehead atoms. The van der Waals surface area contributed by atoms with Gasteiger partial charge in [0, 0.05) is 16.7 Å². The summed E-state index contributed by atoms with van der Waals surface area (Å²) in [4.78, 5) is 17.3. The van der Waals surface area contributed by atoms with Gasteiger partial charge >= 0.3 is 0 Å². The zero-order valence-corrected chi connectivity index (χ0v) is 20.5. The minimum absolute atomic E-state index is 0.00617. The van der Waals surface area contributed by atoms with Crippen LogP contribution in [0.25, 0.3) is 16.8 Å². The van der Waals surface area contributed by atoms with Crippen molar-refractivity contribution in [3.63, 3.8) is 0 Å². The molecule has 176 valence electrons. The molecule has 1 unspecified atom stereocenters. The topological polar surface area (TPSA) is 30.0 Å². The second kappa shape index (κ2) is 10.6. The van der Waals surface area contributed by atoms with Crippen molar-refractivity contribution in [1.29, 1.82) is 0 Å². The minimum Gasteiger partial charge on any atom is -0.294 e. The van der Waals surface area contributed by atoms with Crippen LogP contribution < -0.4 is 0 Å². The number of hydrogen-bond acceptors (Lipinski definition) is 2. The van der Waals surface area contributed by atoms with E-state index >= 15 is 0 Å². The predicted molar refractivity (Wildman–Crippen MR) is 142 cm³/mol. The molecule has 0 saturated heterocycles. The highest BCUT2D eigenvalue weighted by Gasteiger charge is 2.27. The standard InChI is InChI=1S/C25H22FNO.C7H8/c1-15(11-12-18-7-6-8-19(26)13-18)24-23(17(3)28)14-22-16(2)20-9-4-5-10-21(20)25(22)27-24;1-7-5-3-2-4-6-7/h4-10,13-15H,2,11-12H2,1,3H3;2-6H,1H3. The first-order valence-corrected chi connectivity index (χ1v) is 12.0. The molecule has 0 radical (unpaired) electrons. The van der Waals surface area contributed by atoms with Crippen LogP contribution in [-0.2, 0) is 6.42 Å². The van der Waals surface area contributed by atoms with E-state index in [2.05, 4.69) is 32.6 Å². The Bertz CT molecular complexity index is 1370. The summed E-state index contributed by atoms with van der Waals surface area (Å²) in [7, 11) is 0. The average Bonchev–Trinajstić information content (AvgIpc) is 3.14. The summed E-state index contributed by atoms with van der Waals surface area (Å²) in [6.45, 7) is 9.95. The van der Waals surface area contributed by atoms with Gasteiger partial charge in [-0.1, -0.05) is 85.8 Å². The van der Waals surface area contributed by atoms with Crippen molar-refractivity contribution in [2.45, 2.75) is 39.5 Å². The Morgan fingerprint density at radius 1 is 0.914 bits per heavy atom. The predicted octanol–water partition coefficient (Wildman–Crippen LogP) is 8.20. The fraction of sp³-hybridized carbons (Fsp3) is 0.188. The van der Waals surface area contributed by atoms with Crippen molar-refractivity contribution >= 4 is 11.4 Å². The van der Waals surface area contributed by atoms with Crippen LogP contribution in [0.1, 0.15) is 64.5 Å². The normalized spacial score (nSPS) is 12.3. The van der Waals surface area contributed by atoms with E-state index < -0.39 is 0 Å². The highest BCUT2D eigenvalue weighted by molar-refractivity contribution is 6.03. The number of nitrogens with zero attached hydrogens (tertiary/aromatic N) is 1. The second-order valence-electron chi connectivity index (χ2n) is 9.12. The van der Waals surface area contributed by atoms with Gasteiger partial charge in [-0.2, -0.15) is 0 Å². The highest BCUT2D eigenvalue weighted by atomic mass is 19.1. The third-order valence-corrected chi connectivity index (χ3v) is 6.43. The first kappa shape index (κ1) is 24.3. The average molecular weight is 464 g/mol. The third-order valence-electron chi connectivity index (χ3n) is 6.43. The second-order valence-corrected chi connectivity index (χ2v) is 9.12. The zero-order chi connectivity index (χ0) is 24.9. The number of aromatic nitrogens is 1. The van der Waals surface area contributed by atoms with Crippen molar-refractivity contribution < 1.29 is 9.18 Å². The summed E-state index contributed by atoms with van der Waals surface area (Å²) in [5.74, 6) is -0.138. The van der Waals surface area contributed by atoms with E-state index in [9.17, 15) is 9.18 Å². The minimum atomic E-state index is -0.222. The largest absolute Gasteiger partial charge is 0.294 e. The fourth-order valence-corrected chi connectivity index (χ4v) is 4.47. The van der Waals surface area contributed by atoms with Crippen LogP contribution in [0.2, 0.25) is 0 Å². The van der Waals surface area contributed by atoms with E-state index in [0.29, 0.717) is 5.56 Å². The molecule has 0 amide bonds. The summed E-state index contributed by atoms with van der Waals surface area (Å²) in [6.07, 6.45) is 1.52. The molecular formula is C32H30FNO. The van der Waals surface area contributed by atoms with Gasteiger partial charge in [-0.3, -0.25) is 9.78 Å². The molecule has 4 aromatic rings. The van der Waals surface area contributed by atoms with Gasteiger partial charge in [-0.25, -0.2) is 4.39 Å². The summed E-state index contributed by atoms with van der Waals surface area (Å²) < 4.78 is 13.4. The smallest absolute Gasteiger partial charge is 0.161 e. The lowest BCUT2D eigenvalue weighted by molar-refractivity contribution is 0.101. The molecule has 0 aliphatic heterocycles. The number of pyridine rings is 1. The van der Waals surface area contributed by atoms with Gasteiger partial charge in [0.25, 0.3) is 0 Å². The lowest BCUT2D eigenvalue weighted by Crippen LogP contribution is -2.09. The molecule has 3 heteroatoms. The first-order chi connectivity index (χ1) is 16.8. The molecule has 3 aromatic carbocycles. The van der Waals surface area contributed by atoms with Crippen molar-refractivity contribution in [3.8, 4) is 11.3 Å². The third kappa shape index (κ3) is 5.46. The molecular weight excluding hydrogens is 433 g/mol. The van der Waals surface area contributed by atoms with E-state index in [1.807, 2.05) is 54.6 Å². The molecule has 0 spiro atoms. The number of rotatable bonds is 5. The number of hydrogen-bond donors (Lipinski definition) is 0. The van der Waals surface area contributed by atoms with Gasteiger partial charge < -0.3 is 0 Å². The van der Waals surface area contributed by atoms with Gasteiger partial charge in [-0.05, 0) is 67.5 Å². The molecule has 0 fully saturated rings. The number of benzene rings is 3. The summed E-state index contributed by atoms with van der Waals surface area (Å²) in [5, 5.41) is 0. The van der Waals surface area contributed by atoms with E-state index in [4.69, 9.17) is 4.98 Å². The quantitative estimate of drug-likeness (QED) is 0.246. The number of carbonyl (C=O) groups is 1. The Morgan fingerprint density at radius 2 is 1.60 bits per heavy atom. The van der Waals surface area contributed by atoms with Crippen LogP contribution in [-0.4, -0.2) is 10.8 Å². The van der Waals surface area contributed by atoms with E-state index in [0.717, 1.165) is 52.1 Å². The molecule has 1 atom stereocenters. The number of halogens is 1. The monoisotopic (exact) mass is 463 g/mol. The van der Waals surface area contributed by atoms with Gasteiger partial charge in [0.15, 0.2) is 5.78 Å². The van der Waals surface area contributed by atoms with Gasteiger partial charge in [0.05, 0.1) is 11.4 Å². The SMILES string of the molecule is C=C1c2ccccc2-c2nc(C(C)CCc3cccc(F)c3)c(C(C)=O)cc21.Cc1ccccc1. The highest BCUT2D eigenvalue weighted by Crippen LogP contribution is 2.43. The summed E-state index contributed by atoms with van der Waals surface area (Å²) in [5.41, 5.74) is 8.63. The Balaban J connectivity index is 0.000000356. The lowest BCUT2D eigenvalue weighted by atomic mass is 9.92. The number of fused-ring (bicyclic) bond motifs is 3. The van der Waals surface area contributed by atoms with Gasteiger partial charge in [0.2, 0.25) is 0 Å². The number of Topliss-reactive ketones (excluding diaryl/α,β-unsaturated/α-hetero) is 1. The number of carbonyl (C=O) groups excluding carboxylic acids is 1. The Hall–Kier alpha value is -3.85. The van der Waals surface area contributed by atoms with E-state index in [-0.39, 0.29) is 17.5 Å². The molecule has 0 N–H and O–H groups in total. The number of aryl methyl sites for hydroxylation is 2. The molecule has 1 aromatic heterocycles. The Morgan fingerprint density at radius 3 is 2.23 bits per heavy atom. The van der Waals surface area contributed by atoms with Crippen molar-refractivity contribution in [1.82, 2.24) is 4.98 Å². The fourth-order valence-electron chi connectivity index (χ4n) is 4.47. The first-order valence-electron chi connectivity index (χ1n) is 12.0. The number of ketones is 1. The van der Waals surface area contributed by atoms with Crippen molar-refractivity contribution in [3.05, 3.63) is 131 Å². The molecule has 1 heterocycles. The molecule has 1 aliphatic rings. The van der Waals surface area contributed by atoms with Gasteiger partial charge in [-0.15, -0.1) is 0 Å². The summed E-state index contributed by atoms with van der Waals surface area (Å²) >= 11 is 0. The van der Waals surface area contributed by atoms with Crippen molar-refractivity contribution in [2.75, 3.05) is 0 Å². The molecule has 5 rings (SSSR count).